The zero-order chi connectivity index (χ0) is 21.0. The summed E-state index contributed by atoms with van der Waals surface area (Å²) in [6, 6.07) is 8.51. The van der Waals surface area contributed by atoms with Crippen molar-refractivity contribution in [2.45, 2.75) is 53.3 Å². The molecule has 1 aromatic rings. The largest absolute Gasteiger partial charge is 0.444 e. The Balaban J connectivity index is 2.51. The summed E-state index contributed by atoms with van der Waals surface area (Å²) in [5, 5.41) is 9.18. The smallest absolute Gasteiger partial charge is 0.407 e. The van der Waals surface area contributed by atoms with Gasteiger partial charge in [-0.15, -0.1) is 0 Å². The van der Waals surface area contributed by atoms with Crippen molar-refractivity contribution in [3.8, 4) is 0 Å². The highest BCUT2D eigenvalue weighted by atomic mass is 16.6. The molecule has 158 valence electrons. The first-order valence-corrected chi connectivity index (χ1v) is 9.99. The highest BCUT2D eigenvalue weighted by Gasteiger charge is 2.15. The molecule has 1 amide bonds. The van der Waals surface area contributed by atoms with Crippen molar-refractivity contribution in [3.05, 3.63) is 35.4 Å². The van der Waals surface area contributed by atoms with E-state index in [0.29, 0.717) is 19.6 Å². The maximum absolute atomic E-state index is 11.7. The summed E-state index contributed by atoms with van der Waals surface area (Å²) in [6.45, 7) is 14.0. The Morgan fingerprint density at radius 1 is 1.11 bits per heavy atom. The molecule has 0 aliphatic heterocycles. The summed E-state index contributed by atoms with van der Waals surface area (Å²) in [4.78, 5) is 18.6. The van der Waals surface area contributed by atoms with E-state index in [1.807, 2.05) is 27.7 Å². The Morgan fingerprint density at radius 3 is 2.43 bits per heavy atom. The van der Waals surface area contributed by atoms with Gasteiger partial charge in [-0.2, -0.15) is 0 Å². The summed E-state index contributed by atoms with van der Waals surface area (Å²) in [7, 11) is 2.11. The average molecular weight is 392 g/mol. The SMILES string of the molecule is CCNC(=NCc1cccc(CN(C)CC)c1)NCCNC(=O)OC(C)(C)C. The number of rotatable bonds is 9. The molecule has 0 heterocycles. The third-order valence-corrected chi connectivity index (χ3v) is 3.83. The number of nitrogens with zero attached hydrogens (tertiary/aromatic N) is 2. The lowest BCUT2D eigenvalue weighted by Crippen LogP contribution is -2.42. The van der Waals surface area contributed by atoms with Crippen molar-refractivity contribution in [1.82, 2.24) is 20.9 Å². The van der Waals surface area contributed by atoms with E-state index >= 15 is 0 Å². The lowest BCUT2D eigenvalue weighted by Gasteiger charge is -2.20. The number of nitrogens with one attached hydrogen (secondary N) is 3. The predicted molar refractivity (Wildman–Crippen MR) is 116 cm³/mol. The normalized spacial score (nSPS) is 12.0. The van der Waals surface area contributed by atoms with Gasteiger partial charge in [-0.1, -0.05) is 31.2 Å². The number of hydrogen-bond donors (Lipinski definition) is 3. The number of ether oxygens (including phenoxy) is 1. The molecule has 0 spiro atoms. The molecular formula is C21H37N5O2. The summed E-state index contributed by atoms with van der Waals surface area (Å²) >= 11 is 0. The minimum absolute atomic E-state index is 0.412. The second-order valence-electron chi connectivity index (χ2n) is 7.70. The van der Waals surface area contributed by atoms with Gasteiger partial charge in [0.15, 0.2) is 5.96 Å². The molecule has 3 N–H and O–H groups in total. The number of alkyl carbamates (subject to hydrolysis) is 1. The molecule has 0 atom stereocenters. The molecule has 0 saturated carbocycles. The van der Waals surface area contributed by atoms with E-state index in [1.165, 1.54) is 11.1 Å². The highest BCUT2D eigenvalue weighted by Crippen LogP contribution is 2.09. The molecule has 0 aliphatic rings. The Labute approximate surface area is 169 Å². The minimum atomic E-state index is -0.492. The highest BCUT2D eigenvalue weighted by molar-refractivity contribution is 5.79. The number of carbonyl (C=O) groups excluding carboxylic acids is 1. The second kappa shape index (κ2) is 12.2. The van der Waals surface area contributed by atoms with E-state index in [2.05, 4.69) is 64.1 Å². The van der Waals surface area contributed by atoms with Crippen LogP contribution in [0.1, 0.15) is 45.7 Å². The van der Waals surface area contributed by atoms with Crippen LogP contribution in [0.4, 0.5) is 4.79 Å². The van der Waals surface area contributed by atoms with Crippen LogP contribution in [0.15, 0.2) is 29.3 Å². The van der Waals surface area contributed by atoms with Gasteiger partial charge >= 0.3 is 6.09 Å². The third kappa shape index (κ3) is 10.8. The lowest BCUT2D eigenvalue weighted by atomic mass is 10.1. The molecule has 7 heteroatoms. The van der Waals surface area contributed by atoms with E-state index in [9.17, 15) is 4.79 Å². The third-order valence-electron chi connectivity index (χ3n) is 3.83. The van der Waals surface area contributed by atoms with Crippen LogP contribution in [-0.2, 0) is 17.8 Å². The van der Waals surface area contributed by atoms with E-state index in [4.69, 9.17) is 4.74 Å². The second-order valence-corrected chi connectivity index (χ2v) is 7.70. The molecule has 0 bridgehead atoms. The van der Waals surface area contributed by atoms with Crippen molar-refractivity contribution in [1.29, 1.82) is 0 Å². The van der Waals surface area contributed by atoms with Crippen LogP contribution in [0, 0.1) is 0 Å². The van der Waals surface area contributed by atoms with E-state index in [-0.39, 0.29) is 0 Å². The molecule has 28 heavy (non-hydrogen) atoms. The quantitative estimate of drug-likeness (QED) is 0.343. The Hall–Kier alpha value is -2.28. The molecular weight excluding hydrogens is 354 g/mol. The first-order valence-electron chi connectivity index (χ1n) is 9.99. The lowest BCUT2D eigenvalue weighted by molar-refractivity contribution is 0.0529. The standard InChI is InChI=1S/C21H37N5O2/c1-7-22-19(23-12-13-24-20(27)28-21(3,4)5)25-15-17-10-9-11-18(14-17)16-26(6)8-2/h9-11,14H,7-8,12-13,15-16H2,1-6H3,(H,24,27)(H2,22,23,25). The van der Waals surface area contributed by atoms with E-state index in [1.54, 1.807) is 0 Å². The fourth-order valence-corrected chi connectivity index (χ4v) is 2.42. The first kappa shape index (κ1) is 23.8. The Kier molecular flexibility index (Phi) is 10.4. The summed E-state index contributed by atoms with van der Waals surface area (Å²) in [6.07, 6.45) is -0.412. The zero-order valence-corrected chi connectivity index (χ0v) is 18.3. The molecule has 0 aromatic heterocycles. The van der Waals surface area contributed by atoms with Crippen molar-refractivity contribution in [3.63, 3.8) is 0 Å². The van der Waals surface area contributed by atoms with Gasteiger partial charge in [0.1, 0.15) is 5.60 Å². The van der Waals surface area contributed by atoms with Gasteiger partial charge in [0.05, 0.1) is 6.54 Å². The van der Waals surface area contributed by atoms with Crippen LogP contribution in [-0.4, -0.2) is 55.8 Å². The number of hydrogen-bond acceptors (Lipinski definition) is 4. The van der Waals surface area contributed by atoms with Crippen LogP contribution in [0.25, 0.3) is 0 Å². The van der Waals surface area contributed by atoms with Crippen LogP contribution in [0.5, 0.6) is 0 Å². The monoisotopic (exact) mass is 391 g/mol. The van der Waals surface area contributed by atoms with Crippen LogP contribution < -0.4 is 16.0 Å². The average Bonchev–Trinajstić information content (AvgIpc) is 2.62. The number of carbonyl (C=O) groups is 1. The molecule has 7 nitrogen and oxygen atoms in total. The summed E-state index contributed by atoms with van der Waals surface area (Å²) in [5.74, 6) is 0.726. The van der Waals surface area contributed by atoms with Crippen LogP contribution in [0.2, 0.25) is 0 Å². The fourth-order valence-electron chi connectivity index (χ4n) is 2.42. The number of amides is 1. The molecule has 0 aliphatic carbocycles. The van der Waals surface area contributed by atoms with Gasteiger partial charge in [-0.3, -0.25) is 0 Å². The van der Waals surface area contributed by atoms with Crippen LogP contribution in [0.3, 0.4) is 0 Å². The summed E-state index contributed by atoms with van der Waals surface area (Å²) < 4.78 is 5.22. The van der Waals surface area contributed by atoms with Crippen LogP contribution >= 0.6 is 0 Å². The van der Waals surface area contributed by atoms with Gasteiger partial charge in [0, 0.05) is 26.2 Å². The number of guanidine groups is 1. The summed E-state index contributed by atoms with van der Waals surface area (Å²) in [5.41, 5.74) is 1.97. The topological polar surface area (TPSA) is 78.0 Å². The molecule has 1 rings (SSSR count). The molecule has 0 unspecified atom stereocenters. The Morgan fingerprint density at radius 2 is 1.79 bits per heavy atom. The van der Waals surface area contributed by atoms with E-state index in [0.717, 1.165) is 25.6 Å². The first-order chi connectivity index (χ1) is 13.2. The molecule has 0 saturated heterocycles. The van der Waals surface area contributed by atoms with Gasteiger partial charge in [0.25, 0.3) is 0 Å². The van der Waals surface area contributed by atoms with Crippen molar-refractivity contribution >= 4 is 12.1 Å². The molecule has 0 fully saturated rings. The van der Waals surface area contributed by atoms with Crippen molar-refractivity contribution < 1.29 is 9.53 Å². The maximum Gasteiger partial charge on any atom is 0.407 e. The van der Waals surface area contributed by atoms with Crippen molar-refractivity contribution in [2.24, 2.45) is 4.99 Å². The predicted octanol–water partition coefficient (Wildman–Crippen LogP) is 2.72. The Bertz CT molecular complexity index is 625. The molecule has 0 radical (unpaired) electrons. The van der Waals surface area contributed by atoms with Gasteiger partial charge in [-0.05, 0) is 52.4 Å². The fraction of sp³-hybridized carbons (Fsp3) is 0.619. The zero-order valence-electron chi connectivity index (χ0n) is 18.3. The van der Waals surface area contributed by atoms with Gasteiger partial charge < -0.3 is 25.6 Å². The molecule has 1 aromatic carbocycles. The number of aliphatic imine (C=N–C) groups is 1. The van der Waals surface area contributed by atoms with Gasteiger partial charge in [-0.25, -0.2) is 9.79 Å². The minimum Gasteiger partial charge on any atom is -0.444 e. The van der Waals surface area contributed by atoms with E-state index < -0.39 is 11.7 Å². The maximum atomic E-state index is 11.7. The number of benzene rings is 1. The van der Waals surface area contributed by atoms with Gasteiger partial charge in [0.2, 0.25) is 0 Å². The van der Waals surface area contributed by atoms with Crippen molar-refractivity contribution in [2.75, 3.05) is 33.2 Å².